The van der Waals surface area contributed by atoms with Gasteiger partial charge in [-0.3, -0.25) is 4.79 Å². The topological polar surface area (TPSA) is 70.9 Å². The third-order valence-corrected chi connectivity index (χ3v) is 5.38. The van der Waals surface area contributed by atoms with Crippen molar-refractivity contribution < 1.29 is 14.6 Å². The van der Waals surface area contributed by atoms with Crippen LogP contribution < -0.4 is 10.2 Å². The number of benzene rings is 3. The van der Waals surface area contributed by atoms with E-state index in [2.05, 4.69) is 55.7 Å². The fourth-order valence-corrected chi connectivity index (χ4v) is 4.54. The molecule has 0 saturated carbocycles. The fourth-order valence-electron chi connectivity index (χ4n) is 2.41. The van der Waals surface area contributed by atoms with Crippen LogP contribution in [0.15, 0.2) is 71.8 Å². The molecule has 2 N–H and O–H groups in total. The zero-order valence-corrected chi connectivity index (χ0v) is 18.9. The van der Waals surface area contributed by atoms with Gasteiger partial charge in [0.25, 0.3) is 5.91 Å². The van der Waals surface area contributed by atoms with E-state index in [0.717, 1.165) is 24.0 Å². The molecular formula is C21H16I2N2O3. The molecule has 0 spiro atoms. The third kappa shape index (κ3) is 5.44. The molecule has 3 rings (SSSR count). The molecule has 3 aromatic rings. The highest BCUT2D eigenvalue weighted by Crippen LogP contribution is 2.29. The fraction of sp³-hybridized carbons (Fsp3) is 0.0476. The molecule has 0 aliphatic heterocycles. The van der Waals surface area contributed by atoms with Crippen molar-refractivity contribution in [3.05, 3.63) is 90.6 Å². The lowest BCUT2D eigenvalue weighted by Gasteiger charge is -2.11. The second-order valence-electron chi connectivity index (χ2n) is 5.80. The molecule has 7 heteroatoms. The van der Waals surface area contributed by atoms with Gasteiger partial charge in [0.05, 0.1) is 18.9 Å². The van der Waals surface area contributed by atoms with E-state index in [4.69, 9.17) is 4.74 Å². The number of ether oxygens (including phenoxy) is 1. The highest BCUT2D eigenvalue weighted by Gasteiger charge is 2.10. The van der Waals surface area contributed by atoms with Crippen LogP contribution in [0.5, 0.6) is 11.5 Å². The average Bonchev–Trinajstić information content (AvgIpc) is 2.68. The van der Waals surface area contributed by atoms with Gasteiger partial charge in [-0.1, -0.05) is 42.5 Å². The van der Waals surface area contributed by atoms with Crippen LogP contribution in [0.4, 0.5) is 0 Å². The summed E-state index contributed by atoms with van der Waals surface area (Å²) >= 11 is 4.44. The lowest BCUT2D eigenvalue weighted by atomic mass is 10.2. The van der Waals surface area contributed by atoms with Crippen LogP contribution in [-0.2, 0) is 6.61 Å². The molecule has 142 valence electrons. The molecule has 5 nitrogen and oxygen atoms in total. The van der Waals surface area contributed by atoms with Crippen molar-refractivity contribution in [1.29, 1.82) is 0 Å². The summed E-state index contributed by atoms with van der Waals surface area (Å²) in [5.41, 5.74) is 4.53. The Morgan fingerprint density at radius 3 is 2.36 bits per heavy atom. The zero-order valence-electron chi connectivity index (χ0n) is 14.6. The van der Waals surface area contributed by atoms with Crippen LogP contribution in [0, 0.1) is 7.14 Å². The number of amides is 1. The molecule has 0 aromatic heterocycles. The standard InChI is InChI=1S/C21H16I2N2O3/c22-17-10-15(12-24-25-21(27)16-8-4-5-9-19(16)26)11-18(23)20(17)28-13-14-6-2-1-3-7-14/h1-12,26H,13H2,(H,25,27)/b24-12-. The number of carbonyl (C=O) groups is 1. The van der Waals surface area contributed by atoms with E-state index < -0.39 is 5.91 Å². The molecule has 0 radical (unpaired) electrons. The smallest absolute Gasteiger partial charge is 0.275 e. The second kappa shape index (κ2) is 9.87. The molecule has 0 heterocycles. The number of para-hydroxylation sites is 1. The second-order valence-corrected chi connectivity index (χ2v) is 8.13. The van der Waals surface area contributed by atoms with E-state index in [1.807, 2.05) is 42.5 Å². The number of nitrogens with zero attached hydrogens (tertiary/aromatic N) is 1. The number of hydrogen-bond acceptors (Lipinski definition) is 4. The lowest BCUT2D eigenvalue weighted by Crippen LogP contribution is -2.17. The summed E-state index contributed by atoms with van der Waals surface area (Å²) in [6, 6.07) is 20.2. The van der Waals surface area contributed by atoms with E-state index in [1.165, 1.54) is 12.1 Å². The maximum atomic E-state index is 12.1. The van der Waals surface area contributed by atoms with Gasteiger partial charge in [0.1, 0.15) is 18.1 Å². The Morgan fingerprint density at radius 2 is 1.68 bits per heavy atom. The van der Waals surface area contributed by atoms with Crippen molar-refractivity contribution in [1.82, 2.24) is 5.43 Å². The molecule has 0 aliphatic rings. The number of nitrogens with one attached hydrogen (secondary N) is 1. The van der Waals surface area contributed by atoms with E-state index in [9.17, 15) is 9.90 Å². The number of hydrazone groups is 1. The summed E-state index contributed by atoms with van der Waals surface area (Å²) in [4.78, 5) is 12.1. The highest BCUT2D eigenvalue weighted by atomic mass is 127. The molecule has 0 atom stereocenters. The van der Waals surface area contributed by atoms with E-state index in [0.29, 0.717) is 6.61 Å². The van der Waals surface area contributed by atoms with Gasteiger partial charge in [-0.15, -0.1) is 0 Å². The maximum Gasteiger partial charge on any atom is 0.275 e. The van der Waals surface area contributed by atoms with Crippen molar-refractivity contribution in [2.24, 2.45) is 5.10 Å². The Bertz CT molecular complexity index is 985. The van der Waals surface area contributed by atoms with Crippen molar-refractivity contribution >= 4 is 57.3 Å². The molecule has 3 aromatic carbocycles. The number of aromatic hydroxyl groups is 1. The molecule has 1 amide bonds. The molecule has 0 unspecified atom stereocenters. The molecular weight excluding hydrogens is 582 g/mol. The lowest BCUT2D eigenvalue weighted by molar-refractivity contribution is 0.0952. The van der Waals surface area contributed by atoms with Crippen LogP contribution in [0.25, 0.3) is 0 Å². The summed E-state index contributed by atoms with van der Waals surface area (Å²) in [6.45, 7) is 0.497. The first-order valence-corrected chi connectivity index (χ1v) is 10.5. The number of phenols is 1. The molecule has 28 heavy (non-hydrogen) atoms. The number of phenolic OH excluding ortho intramolecular Hbond substituents is 1. The predicted octanol–water partition coefficient (Wildman–Crippen LogP) is 4.94. The largest absolute Gasteiger partial charge is 0.507 e. The van der Waals surface area contributed by atoms with E-state index in [1.54, 1.807) is 18.3 Å². The Morgan fingerprint density at radius 1 is 1.04 bits per heavy atom. The van der Waals surface area contributed by atoms with Gasteiger partial charge in [-0.05, 0) is 80.6 Å². The Kier molecular flexibility index (Phi) is 7.26. The summed E-state index contributed by atoms with van der Waals surface area (Å²) in [7, 11) is 0. The SMILES string of the molecule is O=C(N/N=C\c1cc(I)c(OCc2ccccc2)c(I)c1)c1ccccc1O. The summed E-state index contributed by atoms with van der Waals surface area (Å²) in [6.07, 6.45) is 1.56. The van der Waals surface area contributed by atoms with Crippen LogP contribution in [0.1, 0.15) is 21.5 Å². The highest BCUT2D eigenvalue weighted by molar-refractivity contribution is 14.1. The molecule has 0 saturated heterocycles. The minimum absolute atomic E-state index is 0.0841. The van der Waals surface area contributed by atoms with Gasteiger partial charge in [-0.25, -0.2) is 5.43 Å². The quantitative estimate of drug-likeness (QED) is 0.240. The van der Waals surface area contributed by atoms with Crippen molar-refractivity contribution in [2.75, 3.05) is 0 Å². The van der Waals surface area contributed by atoms with Gasteiger partial charge in [0.2, 0.25) is 0 Å². The number of carbonyl (C=O) groups excluding carboxylic acids is 1. The predicted molar refractivity (Wildman–Crippen MR) is 126 cm³/mol. The Hall–Kier alpha value is -2.14. The maximum absolute atomic E-state index is 12.1. The summed E-state index contributed by atoms with van der Waals surface area (Å²) in [5.74, 6) is 0.265. The van der Waals surface area contributed by atoms with Gasteiger partial charge in [0.15, 0.2) is 0 Å². The molecule has 0 fully saturated rings. The minimum Gasteiger partial charge on any atom is -0.507 e. The average molecular weight is 598 g/mol. The first-order valence-electron chi connectivity index (χ1n) is 8.32. The van der Waals surface area contributed by atoms with E-state index >= 15 is 0 Å². The first-order chi connectivity index (χ1) is 13.5. The Labute approximate surface area is 190 Å². The zero-order chi connectivity index (χ0) is 19.9. The number of hydrogen-bond donors (Lipinski definition) is 2. The van der Waals surface area contributed by atoms with Crippen LogP contribution in [0.2, 0.25) is 0 Å². The normalized spacial score (nSPS) is 10.8. The van der Waals surface area contributed by atoms with Gasteiger partial charge in [-0.2, -0.15) is 5.10 Å². The Balaban J connectivity index is 1.66. The van der Waals surface area contributed by atoms with Crippen LogP contribution in [-0.4, -0.2) is 17.2 Å². The summed E-state index contributed by atoms with van der Waals surface area (Å²) < 4.78 is 7.87. The van der Waals surface area contributed by atoms with Crippen molar-refractivity contribution in [3.63, 3.8) is 0 Å². The minimum atomic E-state index is -0.471. The van der Waals surface area contributed by atoms with Crippen molar-refractivity contribution in [2.45, 2.75) is 6.61 Å². The number of halogens is 2. The van der Waals surface area contributed by atoms with Crippen LogP contribution in [0.3, 0.4) is 0 Å². The number of rotatable bonds is 6. The van der Waals surface area contributed by atoms with Gasteiger partial charge < -0.3 is 9.84 Å². The van der Waals surface area contributed by atoms with Gasteiger partial charge >= 0.3 is 0 Å². The van der Waals surface area contributed by atoms with Crippen molar-refractivity contribution in [3.8, 4) is 11.5 Å². The third-order valence-electron chi connectivity index (χ3n) is 3.78. The monoisotopic (exact) mass is 598 g/mol. The van der Waals surface area contributed by atoms with Gasteiger partial charge in [0, 0.05) is 0 Å². The first kappa shape index (κ1) is 20.6. The summed E-state index contributed by atoms with van der Waals surface area (Å²) in [5, 5.41) is 13.7. The molecule has 0 aliphatic carbocycles. The molecule has 0 bridgehead atoms. The van der Waals surface area contributed by atoms with Crippen LogP contribution >= 0.6 is 45.2 Å². The van der Waals surface area contributed by atoms with E-state index in [-0.39, 0.29) is 11.3 Å².